The molecule has 6 nitrogen and oxygen atoms in total. The standard InChI is InChI=1S/C11H16FN3O3/c1-2-6-4-15(11(17)14-9(6)13)10-8(12)3-7(5-16)18-10/h4,7-8,10,16H,2-3,5H2,1H3,(H2,13,14,17)/t7-,8-,10+/m0/s1. The lowest BCUT2D eigenvalue weighted by atomic mass is 10.2. The van der Waals surface area contributed by atoms with E-state index < -0.39 is 24.2 Å². The van der Waals surface area contributed by atoms with Gasteiger partial charge in [0.2, 0.25) is 0 Å². The summed E-state index contributed by atoms with van der Waals surface area (Å²) in [5, 5.41) is 8.95. The van der Waals surface area contributed by atoms with Crippen LogP contribution in [-0.4, -0.2) is 33.5 Å². The normalized spacial score (nSPS) is 27.6. The molecular weight excluding hydrogens is 241 g/mol. The summed E-state index contributed by atoms with van der Waals surface area (Å²) in [4.78, 5) is 15.3. The van der Waals surface area contributed by atoms with Gasteiger partial charge in [0.15, 0.2) is 6.23 Å². The highest BCUT2D eigenvalue weighted by Crippen LogP contribution is 2.30. The molecule has 1 aromatic rings. The number of halogens is 1. The number of aliphatic hydroxyl groups excluding tert-OH is 1. The van der Waals surface area contributed by atoms with E-state index >= 15 is 0 Å². The third kappa shape index (κ3) is 2.23. The third-order valence-corrected chi connectivity index (χ3v) is 3.05. The molecule has 18 heavy (non-hydrogen) atoms. The van der Waals surface area contributed by atoms with Crippen molar-refractivity contribution in [1.29, 1.82) is 0 Å². The molecule has 2 rings (SSSR count). The Labute approximate surface area is 103 Å². The minimum Gasteiger partial charge on any atom is -0.394 e. The monoisotopic (exact) mass is 257 g/mol. The van der Waals surface area contributed by atoms with E-state index in [1.165, 1.54) is 6.20 Å². The molecule has 1 aliphatic heterocycles. The topological polar surface area (TPSA) is 90.4 Å². The Hall–Kier alpha value is -1.47. The Kier molecular flexibility index (Phi) is 3.63. The molecule has 0 spiro atoms. The summed E-state index contributed by atoms with van der Waals surface area (Å²) in [6, 6.07) is 0. The summed E-state index contributed by atoms with van der Waals surface area (Å²) in [6.45, 7) is 1.59. The number of aromatic nitrogens is 2. The lowest BCUT2D eigenvalue weighted by Crippen LogP contribution is -2.31. The minimum absolute atomic E-state index is 0.0689. The molecule has 3 N–H and O–H groups in total. The first-order valence-corrected chi connectivity index (χ1v) is 5.84. The van der Waals surface area contributed by atoms with E-state index in [2.05, 4.69) is 4.98 Å². The Bertz CT molecular complexity index is 491. The van der Waals surface area contributed by atoms with Crippen LogP contribution in [-0.2, 0) is 11.2 Å². The van der Waals surface area contributed by atoms with E-state index in [4.69, 9.17) is 15.6 Å². The summed E-state index contributed by atoms with van der Waals surface area (Å²) >= 11 is 0. The average molecular weight is 257 g/mol. The van der Waals surface area contributed by atoms with E-state index in [9.17, 15) is 9.18 Å². The van der Waals surface area contributed by atoms with Crippen LogP contribution in [0.15, 0.2) is 11.0 Å². The van der Waals surface area contributed by atoms with Crippen LogP contribution in [0.5, 0.6) is 0 Å². The van der Waals surface area contributed by atoms with E-state index in [0.29, 0.717) is 12.0 Å². The van der Waals surface area contributed by atoms with Gasteiger partial charge in [-0.25, -0.2) is 9.18 Å². The minimum atomic E-state index is -1.34. The molecule has 0 aromatic carbocycles. The lowest BCUT2D eigenvalue weighted by molar-refractivity contribution is -0.0394. The maximum atomic E-state index is 13.8. The number of aryl methyl sites for hydroxylation is 1. The molecule has 1 saturated heterocycles. The van der Waals surface area contributed by atoms with Crippen LogP contribution in [0.3, 0.4) is 0 Å². The second-order valence-electron chi connectivity index (χ2n) is 4.28. The van der Waals surface area contributed by atoms with E-state index in [1.807, 2.05) is 6.92 Å². The van der Waals surface area contributed by atoms with Crippen LogP contribution in [0.4, 0.5) is 10.2 Å². The van der Waals surface area contributed by atoms with Gasteiger partial charge >= 0.3 is 5.69 Å². The maximum absolute atomic E-state index is 13.8. The van der Waals surface area contributed by atoms with Crippen LogP contribution in [0.1, 0.15) is 25.1 Å². The van der Waals surface area contributed by atoms with Gasteiger partial charge in [-0.1, -0.05) is 6.92 Å². The molecule has 1 fully saturated rings. The van der Waals surface area contributed by atoms with E-state index in [-0.39, 0.29) is 18.8 Å². The molecule has 7 heteroatoms. The molecule has 1 aliphatic rings. The van der Waals surface area contributed by atoms with Gasteiger partial charge in [0.25, 0.3) is 0 Å². The highest BCUT2D eigenvalue weighted by Gasteiger charge is 2.37. The van der Waals surface area contributed by atoms with Crippen molar-refractivity contribution >= 4 is 5.82 Å². The quantitative estimate of drug-likeness (QED) is 0.795. The molecule has 0 bridgehead atoms. The molecule has 3 atom stereocenters. The third-order valence-electron chi connectivity index (χ3n) is 3.05. The highest BCUT2D eigenvalue weighted by atomic mass is 19.1. The van der Waals surface area contributed by atoms with Crippen molar-refractivity contribution in [2.24, 2.45) is 0 Å². The summed E-state index contributed by atoms with van der Waals surface area (Å²) in [7, 11) is 0. The molecular formula is C11H16FN3O3. The number of ether oxygens (including phenoxy) is 1. The molecule has 0 amide bonds. The van der Waals surface area contributed by atoms with Crippen molar-refractivity contribution in [1.82, 2.24) is 9.55 Å². The Morgan fingerprint density at radius 1 is 1.72 bits per heavy atom. The predicted molar refractivity (Wildman–Crippen MR) is 62.8 cm³/mol. The summed E-state index contributed by atoms with van der Waals surface area (Å²) in [6.07, 6.45) is -0.824. The average Bonchev–Trinajstić information content (AvgIpc) is 2.71. The van der Waals surface area contributed by atoms with Crippen molar-refractivity contribution in [3.63, 3.8) is 0 Å². The Balaban J connectivity index is 2.36. The van der Waals surface area contributed by atoms with Crippen LogP contribution in [0.2, 0.25) is 0 Å². The zero-order valence-corrected chi connectivity index (χ0v) is 10.0. The highest BCUT2D eigenvalue weighted by molar-refractivity contribution is 5.36. The molecule has 1 aromatic heterocycles. The largest absolute Gasteiger partial charge is 0.394 e. The fourth-order valence-corrected chi connectivity index (χ4v) is 2.04. The zero-order chi connectivity index (χ0) is 13.3. The van der Waals surface area contributed by atoms with E-state index in [0.717, 1.165) is 4.57 Å². The lowest BCUT2D eigenvalue weighted by Gasteiger charge is -2.17. The van der Waals surface area contributed by atoms with Crippen LogP contribution in [0, 0.1) is 0 Å². The van der Waals surface area contributed by atoms with Crippen LogP contribution >= 0.6 is 0 Å². The molecule has 0 saturated carbocycles. The van der Waals surface area contributed by atoms with Gasteiger partial charge in [-0.05, 0) is 6.42 Å². The number of rotatable bonds is 3. The molecule has 0 radical (unpaired) electrons. The molecule has 2 heterocycles. The van der Waals surface area contributed by atoms with E-state index in [1.54, 1.807) is 0 Å². The van der Waals surface area contributed by atoms with Gasteiger partial charge in [0, 0.05) is 18.2 Å². The smallest absolute Gasteiger partial charge is 0.351 e. The van der Waals surface area contributed by atoms with Crippen molar-refractivity contribution in [3.05, 3.63) is 22.2 Å². The Morgan fingerprint density at radius 2 is 2.44 bits per heavy atom. The van der Waals surface area contributed by atoms with Crippen molar-refractivity contribution in [3.8, 4) is 0 Å². The van der Waals surface area contributed by atoms with Gasteiger partial charge < -0.3 is 15.6 Å². The fourth-order valence-electron chi connectivity index (χ4n) is 2.04. The second-order valence-corrected chi connectivity index (χ2v) is 4.28. The number of nitrogens with two attached hydrogens (primary N) is 1. The Morgan fingerprint density at radius 3 is 3.00 bits per heavy atom. The van der Waals surface area contributed by atoms with Gasteiger partial charge in [0.05, 0.1) is 12.7 Å². The van der Waals surface area contributed by atoms with Gasteiger partial charge in [-0.2, -0.15) is 4.98 Å². The van der Waals surface area contributed by atoms with Gasteiger partial charge in [0.1, 0.15) is 12.0 Å². The van der Waals surface area contributed by atoms with Crippen molar-refractivity contribution < 1.29 is 14.2 Å². The molecule has 0 unspecified atom stereocenters. The molecule has 100 valence electrons. The van der Waals surface area contributed by atoms with Gasteiger partial charge in [-0.3, -0.25) is 4.57 Å². The SMILES string of the molecule is CCc1cn([C@@H]2O[C@H](CO)C[C@@H]2F)c(=O)nc1N. The zero-order valence-electron chi connectivity index (χ0n) is 10.0. The number of nitrogen functional groups attached to an aromatic ring is 1. The summed E-state index contributed by atoms with van der Waals surface area (Å²) in [5.74, 6) is 0.158. The number of alkyl halides is 1. The van der Waals surface area contributed by atoms with Crippen molar-refractivity contribution in [2.75, 3.05) is 12.3 Å². The van der Waals surface area contributed by atoms with Crippen molar-refractivity contribution in [2.45, 2.75) is 38.3 Å². The number of anilines is 1. The number of nitrogens with zero attached hydrogens (tertiary/aromatic N) is 2. The predicted octanol–water partition coefficient (Wildman–Crippen LogP) is 0.00580. The fraction of sp³-hybridized carbons (Fsp3) is 0.636. The summed E-state index contributed by atoms with van der Waals surface area (Å²) in [5.41, 5.74) is 5.61. The van der Waals surface area contributed by atoms with Gasteiger partial charge in [-0.15, -0.1) is 0 Å². The van der Waals surface area contributed by atoms with Crippen LogP contribution in [0.25, 0.3) is 0 Å². The first kappa shape index (κ1) is 13.0. The molecule has 0 aliphatic carbocycles. The first-order chi connectivity index (χ1) is 8.56. The number of hydrogen-bond acceptors (Lipinski definition) is 5. The first-order valence-electron chi connectivity index (χ1n) is 5.84. The number of aliphatic hydroxyl groups is 1. The second kappa shape index (κ2) is 5.03. The number of hydrogen-bond donors (Lipinski definition) is 2. The summed E-state index contributed by atoms with van der Waals surface area (Å²) < 4.78 is 20.2. The maximum Gasteiger partial charge on any atom is 0.351 e. The van der Waals surface area contributed by atoms with Crippen LogP contribution < -0.4 is 11.4 Å².